The Hall–Kier alpha value is -2.19. The van der Waals surface area contributed by atoms with Crippen LogP contribution in [0.5, 0.6) is 0 Å². The number of anilines is 1. The van der Waals surface area contributed by atoms with Crippen LogP contribution in [0, 0.1) is 5.92 Å². The Morgan fingerprint density at radius 2 is 1.66 bits per heavy atom. The largest absolute Gasteiger partial charge is 0.444 e. The van der Waals surface area contributed by atoms with E-state index in [2.05, 4.69) is 44.5 Å². The highest BCUT2D eigenvalue weighted by Gasteiger charge is 2.47. The number of ether oxygens (including phenoxy) is 1. The molecule has 0 saturated carbocycles. The highest BCUT2D eigenvalue weighted by molar-refractivity contribution is 6.74. The van der Waals surface area contributed by atoms with Crippen LogP contribution in [0.4, 0.5) is 10.5 Å². The minimum Gasteiger partial charge on any atom is -0.444 e. The minimum absolute atomic E-state index is 0.0435. The summed E-state index contributed by atoms with van der Waals surface area (Å²) in [4.78, 5) is 36.9. The van der Waals surface area contributed by atoms with Crippen molar-refractivity contribution in [2.45, 2.75) is 90.8 Å². The van der Waals surface area contributed by atoms with Crippen molar-refractivity contribution >= 4 is 31.8 Å². The number of hydrogen-bond acceptors (Lipinski definition) is 5. The predicted octanol–water partition coefficient (Wildman–Crippen LogP) is 5.13. The Kier molecular flexibility index (Phi) is 7.62. The van der Waals surface area contributed by atoms with Crippen LogP contribution in [0.15, 0.2) is 24.3 Å². The van der Waals surface area contributed by atoms with Crippen LogP contribution in [0.2, 0.25) is 18.1 Å². The number of β-lactam (4-membered cyclic amide) rings is 1. The van der Waals surface area contributed by atoms with Crippen molar-refractivity contribution in [3.05, 3.63) is 29.8 Å². The monoisotopic (exact) mass is 462 g/mol. The summed E-state index contributed by atoms with van der Waals surface area (Å²) in [5, 5.41) is 5.55. The van der Waals surface area contributed by atoms with E-state index in [0.717, 1.165) is 0 Å². The van der Waals surface area contributed by atoms with E-state index < -0.39 is 20.0 Å². The number of benzene rings is 1. The van der Waals surface area contributed by atoms with E-state index in [-0.39, 0.29) is 41.2 Å². The first-order chi connectivity index (χ1) is 14.5. The number of ketones is 1. The second kappa shape index (κ2) is 9.35. The molecule has 3 atom stereocenters. The molecular formula is C24H38N2O5Si. The van der Waals surface area contributed by atoms with Gasteiger partial charge in [-0.05, 0) is 70.1 Å². The highest BCUT2D eigenvalue weighted by atomic mass is 28.4. The second-order valence-electron chi connectivity index (χ2n) is 11.1. The molecular weight excluding hydrogens is 424 g/mol. The maximum absolute atomic E-state index is 12.8. The van der Waals surface area contributed by atoms with Gasteiger partial charge in [-0.3, -0.25) is 14.9 Å². The third-order valence-electron chi connectivity index (χ3n) is 6.11. The molecule has 2 N–H and O–H groups in total. The van der Waals surface area contributed by atoms with Gasteiger partial charge in [0.15, 0.2) is 14.1 Å². The topological polar surface area (TPSA) is 93.7 Å². The van der Waals surface area contributed by atoms with E-state index in [1.54, 1.807) is 45.0 Å². The van der Waals surface area contributed by atoms with E-state index in [9.17, 15) is 14.4 Å². The van der Waals surface area contributed by atoms with Crippen molar-refractivity contribution in [3.63, 3.8) is 0 Å². The average Bonchev–Trinajstić information content (AvgIpc) is 2.58. The fourth-order valence-electron chi connectivity index (χ4n) is 3.37. The minimum atomic E-state index is -2.02. The van der Waals surface area contributed by atoms with Gasteiger partial charge in [0.25, 0.3) is 0 Å². The first kappa shape index (κ1) is 26.1. The van der Waals surface area contributed by atoms with Crippen LogP contribution in [0.1, 0.15) is 65.2 Å². The highest BCUT2D eigenvalue weighted by Crippen LogP contribution is 2.39. The molecule has 178 valence electrons. The van der Waals surface area contributed by atoms with Gasteiger partial charge < -0.3 is 14.5 Å². The van der Waals surface area contributed by atoms with Gasteiger partial charge in [-0.1, -0.05) is 20.8 Å². The SMILES string of the molecule is C[C@H](O[Si](C)(C)C(C)(C)C)[C@H]1C(=O)N[C@@H]1CC(=O)c1ccc(NC(=O)OC(C)(C)C)cc1. The molecule has 2 amide bonds. The van der Waals surface area contributed by atoms with Crippen molar-refractivity contribution in [1.82, 2.24) is 5.32 Å². The maximum Gasteiger partial charge on any atom is 0.412 e. The van der Waals surface area contributed by atoms with Gasteiger partial charge >= 0.3 is 6.09 Å². The smallest absolute Gasteiger partial charge is 0.412 e. The summed E-state index contributed by atoms with van der Waals surface area (Å²) in [5.41, 5.74) is 0.481. The maximum atomic E-state index is 12.8. The molecule has 0 aliphatic carbocycles. The Morgan fingerprint density at radius 1 is 1.09 bits per heavy atom. The van der Waals surface area contributed by atoms with Crippen molar-refractivity contribution < 1.29 is 23.5 Å². The zero-order valence-corrected chi connectivity index (χ0v) is 21.8. The molecule has 1 aliphatic heterocycles. The number of amides is 2. The lowest BCUT2D eigenvalue weighted by atomic mass is 9.82. The van der Waals surface area contributed by atoms with Crippen LogP contribution in [-0.2, 0) is 14.0 Å². The molecule has 0 spiro atoms. The van der Waals surface area contributed by atoms with Gasteiger partial charge in [-0.2, -0.15) is 0 Å². The fourth-order valence-corrected chi connectivity index (χ4v) is 4.80. The van der Waals surface area contributed by atoms with Crippen molar-refractivity contribution in [1.29, 1.82) is 0 Å². The first-order valence-electron chi connectivity index (χ1n) is 11.1. The molecule has 8 heteroatoms. The summed E-state index contributed by atoms with van der Waals surface area (Å²) in [6, 6.07) is 6.42. The van der Waals surface area contributed by atoms with E-state index in [1.807, 2.05) is 6.92 Å². The van der Waals surface area contributed by atoms with Crippen LogP contribution in [0.25, 0.3) is 0 Å². The molecule has 7 nitrogen and oxygen atoms in total. The summed E-state index contributed by atoms with van der Waals surface area (Å²) >= 11 is 0. The van der Waals surface area contributed by atoms with Crippen molar-refractivity contribution in [2.75, 3.05) is 5.32 Å². The van der Waals surface area contributed by atoms with Gasteiger partial charge in [-0.25, -0.2) is 4.79 Å². The van der Waals surface area contributed by atoms with Crippen molar-refractivity contribution in [3.8, 4) is 0 Å². The average molecular weight is 463 g/mol. The molecule has 0 aromatic heterocycles. The summed E-state index contributed by atoms with van der Waals surface area (Å²) < 4.78 is 11.6. The van der Waals surface area contributed by atoms with Gasteiger partial charge in [0.2, 0.25) is 5.91 Å². The van der Waals surface area contributed by atoms with Gasteiger partial charge in [-0.15, -0.1) is 0 Å². The Bertz CT molecular complexity index is 853. The molecule has 1 fully saturated rings. The fraction of sp³-hybridized carbons (Fsp3) is 0.625. The van der Waals surface area contributed by atoms with Gasteiger partial charge in [0.05, 0.1) is 18.1 Å². The molecule has 1 aromatic rings. The van der Waals surface area contributed by atoms with Crippen LogP contribution >= 0.6 is 0 Å². The molecule has 1 heterocycles. The molecule has 0 radical (unpaired) electrons. The molecule has 1 saturated heterocycles. The normalized spacial score (nSPS) is 20.1. The van der Waals surface area contributed by atoms with Crippen LogP contribution < -0.4 is 10.6 Å². The number of hydrogen-bond donors (Lipinski definition) is 2. The van der Waals surface area contributed by atoms with Crippen LogP contribution in [-0.4, -0.2) is 43.8 Å². The molecule has 32 heavy (non-hydrogen) atoms. The number of carbonyl (C=O) groups is 3. The standard InChI is InChI=1S/C24H38N2O5Si/c1-15(31-32(8,9)24(5,6)7)20-18(26-21(20)28)14-19(27)16-10-12-17(13-11-16)25-22(29)30-23(2,3)4/h10-13,15,18,20H,14H2,1-9H3,(H,25,29)(H,26,28)/t15-,18+,20+/m0/s1. The summed E-state index contributed by atoms with van der Waals surface area (Å²) in [6.07, 6.45) is -0.587. The quantitative estimate of drug-likeness (QED) is 0.333. The molecule has 1 aromatic carbocycles. The lowest BCUT2D eigenvalue weighted by Gasteiger charge is -2.45. The number of rotatable bonds is 7. The first-order valence-corrected chi connectivity index (χ1v) is 14.0. The van der Waals surface area contributed by atoms with E-state index in [1.165, 1.54) is 0 Å². The summed E-state index contributed by atoms with van der Waals surface area (Å²) in [6.45, 7) is 18.1. The second-order valence-corrected chi connectivity index (χ2v) is 15.8. The molecule has 0 unspecified atom stereocenters. The van der Waals surface area contributed by atoms with E-state index in [4.69, 9.17) is 9.16 Å². The third kappa shape index (κ3) is 6.65. The zero-order chi connectivity index (χ0) is 24.5. The summed E-state index contributed by atoms with van der Waals surface area (Å²) in [7, 11) is -2.02. The van der Waals surface area contributed by atoms with Gasteiger partial charge in [0.1, 0.15) is 5.60 Å². The Balaban J connectivity index is 1.97. The number of nitrogens with one attached hydrogen (secondary N) is 2. The lowest BCUT2D eigenvalue weighted by molar-refractivity contribution is -0.139. The molecule has 1 aliphatic rings. The number of carbonyl (C=O) groups excluding carboxylic acids is 3. The summed E-state index contributed by atoms with van der Waals surface area (Å²) in [5.74, 6) is -0.463. The third-order valence-corrected chi connectivity index (χ3v) is 10.7. The lowest BCUT2D eigenvalue weighted by Crippen LogP contribution is -2.64. The zero-order valence-electron chi connectivity index (χ0n) is 20.8. The Labute approximate surface area is 192 Å². The van der Waals surface area contributed by atoms with Crippen LogP contribution in [0.3, 0.4) is 0 Å². The van der Waals surface area contributed by atoms with E-state index in [0.29, 0.717) is 11.3 Å². The number of Topliss-reactive ketones (excluding diaryl/α,β-unsaturated/α-hetero) is 1. The molecule has 2 rings (SSSR count). The van der Waals surface area contributed by atoms with Gasteiger partial charge in [0, 0.05) is 17.7 Å². The Morgan fingerprint density at radius 3 is 2.12 bits per heavy atom. The predicted molar refractivity (Wildman–Crippen MR) is 128 cm³/mol. The van der Waals surface area contributed by atoms with Crippen molar-refractivity contribution in [2.24, 2.45) is 5.92 Å². The molecule has 0 bridgehead atoms. The van der Waals surface area contributed by atoms with E-state index >= 15 is 0 Å².